The van der Waals surface area contributed by atoms with E-state index in [4.69, 9.17) is 0 Å². The molecule has 3 unspecified atom stereocenters. The number of nitrogens with zero attached hydrogens (tertiary/aromatic N) is 3. The van der Waals surface area contributed by atoms with Gasteiger partial charge in [0.25, 0.3) is 5.91 Å². The van der Waals surface area contributed by atoms with Gasteiger partial charge in [0.05, 0.1) is 36.3 Å². The summed E-state index contributed by atoms with van der Waals surface area (Å²) in [5, 5.41) is 18.9. The van der Waals surface area contributed by atoms with Crippen molar-refractivity contribution in [2.24, 2.45) is 5.92 Å². The van der Waals surface area contributed by atoms with Gasteiger partial charge in [-0.15, -0.1) is 11.3 Å². The number of fused-ring (bicyclic) bond motifs is 1. The zero-order valence-corrected chi connectivity index (χ0v) is 18.5. The molecule has 1 saturated heterocycles. The van der Waals surface area contributed by atoms with Crippen molar-refractivity contribution < 1.29 is 19.5 Å². The zero-order chi connectivity index (χ0) is 23.7. The summed E-state index contributed by atoms with van der Waals surface area (Å²) in [6.45, 7) is -0.211. The highest BCUT2D eigenvalue weighted by Gasteiger charge is 2.47. The summed E-state index contributed by atoms with van der Waals surface area (Å²) in [7, 11) is 0. The van der Waals surface area contributed by atoms with Gasteiger partial charge in [-0.1, -0.05) is 18.2 Å². The van der Waals surface area contributed by atoms with Crippen molar-refractivity contribution >= 4 is 40.6 Å². The molecule has 3 aromatic rings. The van der Waals surface area contributed by atoms with E-state index in [0.717, 1.165) is 16.2 Å². The first-order valence-electron chi connectivity index (χ1n) is 10.5. The first-order chi connectivity index (χ1) is 16.5. The van der Waals surface area contributed by atoms with Crippen molar-refractivity contribution in [3.8, 4) is 0 Å². The van der Waals surface area contributed by atoms with Crippen LogP contribution in [-0.2, 0) is 4.79 Å². The van der Waals surface area contributed by atoms with Gasteiger partial charge in [-0.25, -0.2) is 9.78 Å². The number of hydrogen-bond acceptors (Lipinski definition) is 8. The summed E-state index contributed by atoms with van der Waals surface area (Å²) in [5.41, 5.74) is 3.73. The average molecular weight is 477 g/mol. The van der Waals surface area contributed by atoms with E-state index >= 15 is 0 Å². The molecule has 1 fully saturated rings. The number of aromatic nitrogens is 2. The van der Waals surface area contributed by atoms with Crippen molar-refractivity contribution in [1.29, 1.82) is 0 Å². The third kappa shape index (κ3) is 4.20. The summed E-state index contributed by atoms with van der Waals surface area (Å²) in [6.07, 6.45) is 3.36. The highest BCUT2D eigenvalue weighted by molar-refractivity contribution is 7.11. The van der Waals surface area contributed by atoms with E-state index in [-0.39, 0.29) is 30.3 Å². The van der Waals surface area contributed by atoms with Crippen molar-refractivity contribution in [3.63, 3.8) is 0 Å². The van der Waals surface area contributed by atoms with Crippen molar-refractivity contribution in [1.82, 2.24) is 20.2 Å². The number of pyridine rings is 1. The lowest BCUT2D eigenvalue weighted by Crippen LogP contribution is -2.43. The minimum atomic E-state index is -1.19. The predicted molar refractivity (Wildman–Crippen MR) is 125 cm³/mol. The van der Waals surface area contributed by atoms with E-state index in [1.165, 1.54) is 23.7 Å². The number of nitrogens with one attached hydrogen (secondary N) is 3. The second kappa shape index (κ2) is 8.94. The van der Waals surface area contributed by atoms with E-state index in [1.54, 1.807) is 23.8 Å². The summed E-state index contributed by atoms with van der Waals surface area (Å²) < 4.78 is 0. The molecule has 0 radical (unpaired) electrons. The number of benzene rings is 1. The lowest BCUT2D eigenvalue weighted by Gasteiger charge is -2.28. The smallest absolute Gasteiger partial charge is 0.411 e. The summed E-state index contributed by atoms with van der Waals surface area (Å²) in [6, 6.07) is 12.3. The number of Topliss-reactive ketones (excluding diaryl/α,β-unsaturated/α-hetero) is 1. The van der Waals surface area contributed by atoms with Gasteiger partial charge in [0.15, 0.2) is 5.78 Å². The second-order valence-corrected chi connectivity index (χ2v) is 8.78. The number of carboxylic acid groups (broad SMARTS) is 1. The molecular weight excluding hydrogens is 456 g/mol. The molecular formula is C23H20N6O4S. The number of carbonyl (C=O) groups is 3. The Morgan fingerprint density at radius 3 is 2.76 bits per heavy atom. The number of ketones is 1. The number of thiazole rings is 1. The topological polar surface area (TPSA) is 137 Å². The Labute approximate surface area is 198 Å². The third-order valence-electron chi connectivity index (χ3n) is 5.74. The summed E-state index contributed by atoms with van der Waals surface area (Å²) in [5.74, 6) is -0.701. The maximum absolute atomic E-state index is 13.0. The molecule has 2 aliphatic rings. The molecule has 10 nitrogen and oxygen atoms in total. The molecule has 4 heterocycles. The SMILES string of the molecule is O=C(Nc1cc(C2NC3=CN(C(=O)O)CC(=O)C3C2Nc2ccccc2)ccn1)c1cncs1. The minimum absolute atomic E-state index is 0.198. The van der Waals surface area contributed by atoms with Crippen LogP contribution in [0.5, 0.6) is 0 Å². The van der Waals surface area contributed by atoms with Gasteiger partial charge >= 0.3 is 6.09 Å². The quantitative estimate of drug-likeness (QED) is 0.441. The Kier molecular flexibility index (Phi) is 5.68. The number of carbonyl (C=O) groups excluding carboxylic acids is 2. The first kappa shape index (κ1) is 21.6. The van der Waals surface area contributed by atoms with Crippen LogP contribution in [0.15, 0.2) is 72.3 Å². The van der Waals surface area contributed by atoms with Crippen molar-refractivity contribution in [3.05, 3.63) is 82.7 Å². The molecule has 4 N–H and O–H groups in total. The van der Waals surface area contributed by atoms with E-state index < -0.39 is 12.0 Å². The van der Waals surface area contributed by atoms with E-state index in [9.17, 15) is 19.5 Å². The third-order valence-corrected chi connectivity index (χ3v) is 6.51. The molecule has 2 aliphatic heterocycles. The Hall–Kier alpha value is -4.25. The van der Waals surface area contributed by atoms with E-state index in [2.05, 4.69) is 25.9 Å². The maximum atomic E-state index is 13.0. The molecule has 172 valence electrons. The van der Waals surface area contributed by atoms with Crippen LogP contribution >= 0.6 is 11.3 Å². The Bertz CT molecular complexity index is 1260. The number of para-hydroxylation sites is 1. The fraction of sp³-hybridized carbons (Fsp3) is 0.174. The predicted octanol–water partition coefficient (Wildman–Crippen LogP) is 2.94. The molecule has 34 heavy (non-hydrogen) atoms. The molecule has 0 saturated carbocycles. The van der Waals surface area contributed by atoms with Gasteiger partial charge in [-0.3, -0.25) is 19.5 Å². The Morgan fingerprint density at radius 1 is 1.21 bits per heavy atom. The molecule has 0 bridgehead atoms. The molecule has 2 aromatic heterocycles. The van der Waals surface area contributed by atoms with Crippen LogP contribution in [0, 0.1) is 5.92 Å². The molecule has 11 heteroatoms. The highest BCUT2D eigenvalue weighted by Crippen LogP contribution is 2.39. The van der Waals surface area contributed by atoms with Gasteiger partial charge in [0, 0.05) is 23.8 Å². The van der Waals surface area contributed by atoms with Crippen LogP contribution in [0.1, 0.15) is 21.3 Å². The summed E-state index contributed by atoms with van der Waals surface area (Å²) >= 11 is 1.23. The molecule has 0 spiro atoms. The van der Waals surface area contributed by atoms with Crippen LogP contribution in [0.4, 0.5) is 16.3 Å². The molecule has 0 aliphatic carbocycles. The highest BCUT2D eigenvalue weighted by atomic mass is 32.1. The Morgan fingerprint density at radius 2 is 2.03 bits per heavy atom. The lowest BCUT2D eigenvalue weighted by molar-refractivity contribution is -0.122. The lowest BCUT2D eigenvalue weighted by atomic mass is 9.88. The number of amides is 2. The van der Waals surface area contributed by atoms with Crippen molar-refractivity contribution in [2.45, 2.75) is 12.1 Å². The molecule has 5 rings (SSSR count). The van der Waals surface area contributed by atoms with Gasteiger partial charge in [-0.2, -0.15) is 0 Å². The van der Waals surface area contributed by atoms with Crippen LogP contribution < -0.4 is 16.0 Å². The summed E-state index contributed by atoms with van der Waals surface area (Å²) in [4.78, 5) is 46.6. The Balaban J connectivity index is 1.47. The van der Waals surface area contributed by atoms with Gasteiger partial charge < -0.3 is 21.1 Å². The monoisotopic (exact) mass is 476 g/mol. The fourth-order valence-electron chi connectivity index (χ4n) is 4.24. The number of anilines is 2. The molecule has 3 atom stereocenters. The second-order valence-electron chi connectivity index (χ2n) is 7.89. The maximum Gasteiger partial charge on any atom is 0.411 e. The average Bonchev–Trinajstić information content (AvgIpc) is 3.49. The first-order valence-corrected chi connectivity index (χ1v) is 11.4. The van der Waals surface area contributed by atoms with Gasteiger partial charge in [0.2, 0.25) is 0 Å². The van der Waals surface area contributed by atoms with Crippen LogP contribution in [0.2, 0.25) is 0 Å². The fourth-order valence-corrected chi connectivity index (χ4v) is 4.75. The van der Waals surface area contributed by atoms with E-state index in [0.29, 0.717) is 16.4 Å². The largest absolute Gasteiger partial charge is 0.465 e. The standard InChI is InChI=1S/C23H20N6O4S/c30-16-11-29(23(32)33)10-15-19(16)21(26-14-4-2-1-3-5-14)20(27-15)13-6-7-25-18(8-13)28-22(31)17-9-24-12-34-17/h1-10,12,19-21,26-27H,11H2,(H,32,33)(H,25,28,31). The zero-order valence-electron chi connectivity index (χ0n) is 17.7. The van der Waals surface area contributed by atoms with Crippen molar-refractivity contribution in [2.75, 3.05) is 17.2 Å². The van der Waals surface area contributed by atoms with E-state index in [1.807, 2.05) is 30.3 Å². The van der Waals surface area contributed by atoms with Gasteiger partial charge in [-0.05, 0) is 29.8 Å². The van der Waals surface area contributed by atoms with Crippen LogP contribution in [0.3, 0.4) is 0 Å². The van der Waals surface area contributed by atoms with Crippen LogP contribution in [0.25, 0.3) is 0 Å². The minimum Gasteiger partial charge on any atom is -0.465 e. The van der Waals surface area contributed by atoms with Gasteiger partial charge in [0.1, 0.15) is 10.7 Å². The number of hydrogen-bond donors (Lipinski definition) is 4. The molecule has 1 aromatic carbocycles. The van der Waals surface area contributed by atoms with Crippen LogP contribution in [-0.4, -0.2) is 50.3 Å². The normalized spacial score (nSPS) is 21.3. The number of rotatable bonds is 5. The molecule has 2 amide bonds.